The number of nitrogens with zero attached hydrogens (tertiary/aromatic N) is 1. The molecule has 3 amide bonds. The molecule has 0 saturated heterocycles. The average Bonchev–Trinajstić information content (AvgIpc) is 3.03. The Labute approximate surface area is 134 Å². The zero-order chi connectivity index (χ0) is 15.9. The quantitative estimate of drug-likeness (QED) is 0.879. The second-order valence-electron chi connectivity index (χ2n) is 4.61. The summed E-state index contributed by atoms with van der Waals surface area (Å²) < 4.78 is 0. The fraction of sp³-hybridized carbons (Fsp3) is 0.250. The molecule has 0 atom stereocenters. The molecule has 5 nitrogen and oxygen atoms in total. The van der Waals surface area contributed by atoms with E-state index in [1.54, 1.807) is 35.2 Å². The lowest BCUT2D eigenvalue weighted by Crippen LogP contribution is -2.34. The second kappa shape index (κ2) is 7.61. The lowest BCUT2D eigenvalue weighted by molar-refractivity contribution is 0.103. The summed E-state index contributed by atoms with van der Waals surface area (Å²) in [5, 5.41) is 7.51. The van der Waals surface area contributed by atoms with E-state index in [0.717, 1.165) is 0 Å². The molecular formula is C16H19N3O2S. The van der Waals surface area contributed by atoms with Gasteiger partial charge in [0.05, 0.1) is 4.88 Å². The molecule has 6 heteroatoms. The van der Waals surface area contributed by atoms with Crippen LogP contribution >= 0.6 is 11.3 Å². The van der Waals surface area contributed by atoms with Gasteiger partial charge in [0, 0.05) is 24.5 Å². The minimum atomic E-state index is -0.151. The SMILES string of the molecule is CCN(CC)C(=O)Nc1cccc(NC(=O)c2cccs2)c1. The van der Waals surface area contributed by atoms with Crippen LogP contribution in [0.25, 0.3) is 0 Å². The third kappa shape index (κ3) is 4.08. The summed E-state index contributed by atoms with van der Waals surface area (Å²) in [6.45, 7) is 5.16. The maximum atomic E-state index is 12.0. The highest BCUT2D eigenvalue weighted by molar-refractivity contribution is 7.12. The van der Waals surface area contributed by atoms with Gasteiger partial charge in [0.25, 0.3) is 5.91 Å². The minimum Gasteiger partial charge on any atom is -0.325 e. The predicted octanol–water partition coefficient (Wildman–Crippen LogP) is 3.87. The van der Waals surface area contributed by atoms with Gasteiger partial charge in [-0.1, -0.05) is 12.1 Å². The Kier molecular flexibility index (Phi) is 5.55. The van der Waals surface area contributed by atoms with Crippen molar-refractivity contribution in [1.29, 1.82) is 0 Å². The summed E-state index contributed by atoms with van der Waals surface area (Å²) in [7, 11) is 0. The zero-order valence-electron chi connectivity index (χ0n) is 12.6. The fourth-order valence-corrected chi connectivity index (χ4v) is 2.61. The molecule has 2 rings (SSSR count). The first-order valence-corrected chi connectivity index (χ1v) is 8.02. The monoisotopic (exact) mass is 317 g/mol. The van der Waals surface area contributed by atoms with Gasteiger partial charge in [-0.2, -0.15) is 0 Å². The maximum absolute atomic E-state index is 12.0. The number of urea groups is 1. The van der Waals surface area contributed by atoms with Crippen LogP contribution in [-0.4, -0.2) is 29.9 Å². The molecule has 0 spiro atoms. The lowest BCUT2D eigenvalue weighted by atomic mass is 10.2. The van der Waals surface area contributed by atoms with Crippen LogP contribution in [0.1, 0.15) is 23.5 Å². The van der Waals surface area contributed by atoms with Gasteiger partial charge in [0.1, 0.15) is 0 Å². The number of carbonyl (C=O) groups excluding carboxylic acids is 2. The Morgan fingerprint density at radius 1 is 1.05 bits per heavy atom. The largest absolute Gasteiger partial charge is 0.325 e. The smallest absolute Gasteiger partial charge is 0.321 e. The van der Waals surface area contributed by atoms with E-state index in [0.29, 0.717) is 29.3 Å². The molecule has 0 saturated carbocycles. The van der Waals surface area contributed by atoms with Crippen molar-refractivity contribution in [2.75, 3.05) is 23.7 Å². The molecule has 0 unspecified atom stereocenters. The van der Waals surface area contributed by atoms with E-state index in [9.17, 15) is 9.59 Å². The molecule has 0 fully saturated rings. The Hall–Kier alpha value is -2.34. The van der Waals surface area contributed by atoms with Crippen LogP contribution in [-0.2, 0) is 0 Å². The number of anilines is 2. The van der Waals surface area contributed by atoms with Gasteiger partial charge < -0.3 is 15.5 Å². The summed E-state index contributed by atoms with van der Waals surface area (Å²) in [4.78, 5) is 26.4. The summed E-state index contributed by atoms with van der Waals surface area (Å²) in [6, 6.07) is 10.6. The Bertz CT molecular complexity index is 637. The van der Waals surface area contributed by atoms with Crippen LogP contribution in [0.2, 0.25) is 0 Å². The van der Waals surface area contributed by atoms with Crippen molar-refractivity contribution in [2.45, 2.75) is 13.8 Å². The van der Waals surface area contributed by atoms with E-state index in [1.165, 1.54) is 11.3 Å². The van der Waals surface area contributed by atoms with Crippen LogP contribution in [0.4, 0.5) is 16.2 Å². The van der Waals surface area contributed by atoms with Crippen molar-refractivity contribution >= 4 is 34.6 Å². The Morgan fingerprint density at radius 2 is 1.73 bits per heavy atom. The third-order valence-corrected chi connectivity index (χ3v) is 4.04. The number of nitrogens with one attached hydrogen (secondary N) is 2. The molecule has 2 aromatic rings. The van der Waals surface area contributed by atoms with Crippen LogP contribution in [0.3, 0.4) is 0 Å². The Balaban J connectivity index is 2.04. The van der Waals surface area contributed by atoms with Crippen molar-refractivity contribution in [3.63, 3.8) is 0 Å². The second-order valence-corrected chi connectivity index (χ2v) is 5.56. The normalized spacial score (nSPS) is 10.1. The van der Waals surface area contributed by atoms with E-state index >= 15 is 0 Å². The van der Waals surface area contributed by atoms with Gasteiger partial charge in [-0.3, -0.25) is 4.79 Å². The van der Waals surface area contributed by atoms with Crippen molar-refractivity contribution < 1.29 is 9.59 Å². The number of thiophene rings is 1. The molecule has 2 N–H and O–H groups in total. The summed E-state index contributed by atoms with van der Waals surface area (Å²) in [5.41, 5.74) is 1.30. The van der Waals surface area contributed by atoms with Crippen LogP contribution in [0, 0.1) is 0 Å². The van der Waals surface area contributed by atoms with Crippen molar-refractivity contribution in [3.05, 3.63) is 46.7 Å². The standard InChI is InChI=1S/C16H19N3O2S/c1-3-19(4-2)16(21)18-13-8-5-7-12(11-13)17-15(20)14-9-6-10-22-14/h5-11H,3-4H2,1-2H3,(H,17,20)(H,18,21). The number of carbonyl (C=O) groups is 2. The van der Waals surface area contributed by atoms with Gasteiger partial charge in [0.15, 0.2) is 0 Å². The minimum absolute atomic E-state index is 0.147. The first-order valence-electron chi connectivity index (χ1n) is 7.15. The van der Waals surface area contributed by atoms with Crippen LogP contribution < -0.4 is 10.6 Å². The first kappa shape index (κ1) is 16.0. The van der Waals surface area contributed by atoms with E-state index < -0.39 is 0 Å². The van der Waals surface area contributed by atoms with Gasteiger partial charge in [-0.05, 0) is 43.5 Å². The molecule has 1 aromatic heterocycles. The molecule has 0 radical (unpaired) electrons. The number of hydrogen-bond donors (Lipinski definition) is 2. The Morgan fingerprint density at radius 3 is 2.32 bits per heavy atom. The highest BCUT2D eigenvalue weighted by Crippen LogP contribution is 2.18. The molecule has 1 heterocycles. The lowest BCUT2D eigenvalue weighted by Gasteiger charge is -2.19. The van der Waals surface area contributed by atoms with Gasteiger partial charge in [-0.15, -0.1) is 11.3 Å². The summed E-state index contributed by atoms with van der Waals surface area (Å²) in [5.74, 6) is -0.151. The molecular weight excluding hydrogens is 298 g/mol. The van der Waals surface area contributed by atoms with Crippen LogP contribution in [0.15, 0.2) is 41.8 Å². The van der Waals surface area contributed by atoms with Crippen molar-refractivity contribution in [3.8, 4) is 0 Å². The highest BCUT2D eigenvalue weighted by Gasteiger charge is 2.10. The number of hydrogen-bond acceptors (Lipinski definition) is 3. The van der Waals surface area contributed by atoms with E-state index in [1.807, 2.05) is 25.3 Å². The molecule has 0 aliphatic heterocycles. The molecule has 0 bridgehead atoms. The molecule has 0 aliphatic rings. The van der Waals surface area contributed by atoms with Gasteiger partial charge in [0.2, 0.25) is 0 Å². The van der Waals surface area contributed by atoms with E-state index in [2.05, 4.69) is 10.6 Å². The van der Waals surface area contributed by atoms with Crippen molar-refractivity contribution in [1.82, 2.24) is 4.90 Å². The molecule has 116 valence electrons. The summed E-state index contributed by atoms with van der Waals surface area (Å²) in [6.07, 6.45) is 0. The summed E-state index contributed by atoms with van der Waals surface area (Å²) >= 11 is 1.39. The number of amides is 3. The van der Waals surface area contributed by atoms with Crippen molar-refractivity contribution in [2.24, 2.45) is 0 Å². The predicted molar refractivity (Wildman–Crippen MR) is 90.7 cm³/mol. The first-order chi connectivity index (χ1) is 10.6. The topological polar surface area (TPSA) is 61.4 Å². The maximum Gasteiger partial charge on any atom is 0.321 e. The van der Waals surface area contributed by atoms with Gasteiger partial charge >= 0.3 is 6.03 Å². The number of rotatable bonds is 5. The number of benzene rings is 1. The van der Waals surface area contributed by atoms with E-state index in [4.69, 9.17) is 0 Å². The fourth-order valence-electron chi connectivity index (χ4n) is 1.99. The molecule has 22 heavy (non-hydrogen) atoms. The van der Waals surface area contributed by atoms with Gasteiger partial charge in [-0.25, -0.2) is 4.79 Å². The zero-order valence-corrected chi connectivity index (χ0v) is 13.4. The highest BCUT2D eigenvalue weighted by atomic mass is 32.1. The average molecular weight is 317 g/mol. The third-order valence-electron chi connectivity index (χ3n) is 3.17. The van der Waals surface area contributed by atoms with E-state index in [-0.39, 0.29) is 11.9 Å². The molecule has 0 aliphatic carbocycles. The van der Waals surface area contributed by atoms with Crippen LogP contribution in [0.5, 0.6) is 0 Å². The molecule has 1 aromatic carbocycles.